The van der Waals surface area contributed by atoms with Crippen LogP contribution in [0.15, 0.2) is 41.3 Å². The summed E-state index contributed by atoms with van der Waals surface area (Å²) >= 11 is 0. The number of rotatable bonds is 5. The number of benzene rings is 2. The number of halogens is 1. The summed E-state index contributed by atoms with van der Waals surface area (Å²) in [6, 6.07) is 9.46. The smallest absolute Gasteiger partial charge is 0.243 e. The molecule has 3 rings (SSSR count). The van der Waals surface area contributed by atoms with Gasteiger partial charge in [-0.15, -0.1) is 0 Å². The van der Waals surface area contributed by atoms with Gasteiger partial charge in [-0.05, 0) is 69.4 Å². The molecule has 0 saturated carbocycles. The zero-order valence-corrected chi connectivity index (χ0v) is 18.7. The van der Waals surface area contributed by atoms with Gasteiger partial charge in [0.05, 0.1) is 16.9 Å². The third-order valence-electron chi connectivity index (χ3n) is 5.69. The topological polar surface area (TPSA) is 66.5 Å². The maximum absolute atomic E-state index is 13.3. The van der Waals surface area contributed by atoms with Gasteiger partial charge in [0.15, 0.2) is 0 Å². The molecule has 1 fully saturated rings. The van der Waals surface area contributed by atoms with Crippen molar-refractivity contribution in [3.63, 3.8) is 0 Å². The van der Waals surface area contributed by atoms with Crippen LogP contribution in [-0.4, -0.2) is 31.7 Å². The van der Waals surface area contributed by atoms with Gasteiger partial charge >= 0.3 is 0 Å². The van der Waals surface area contributed by atoms with E-state index in [0.29, 0.717) is 24.3 Å². The second kappa shape index (κ2) is 8.86. The Bertz CT molecular complexity index is 1010. The summed E-state index contributed by atoms with van der Waals surface area (Å²) in [5.74, 6) is -0.918. The van der Waals surface area contributed by atoms with Crippen molar-refractivity contribution in [2.75, 3.05) is 13.1 Å². The Balaban J connectivity index is 1.74. The van der Waals surface area contributed by atoms with E-state index in [2.05, 4.69) is 5.32 Å². The van der Waals surface area contributed by atoms with Crippen molar-refractivity contribution in [3.05, 3.63) is 64.5 Å². The predicted molar refractivity (Wildman–Crippen MR) is 115 cm³/mol. The van der Waals surface area contributed by atoms with Crippen molar-refractivity contribution in [1.82, 2.24) is 9.62 Å². The van der Waals surface area contributed by atoms with E-state index in [1.54, 1.807) is 12.1 Å². The lowest BCUT2D eigenvalue weighted by Crippen LogP contribution is -2.46. The van der Waals surface area contributed by atoms with E-state index in [-0.39, 0.29) is 24.3 Å². The van der Waals surface area contributed by atoms with Crippen molar-refractivity contribution in [2.45, 2.75) is 51.5 Å². The minimum atomic E-state index is -3.68. The molecule has 2 aromatic rings. The largest absolute Gasteiger partial charge is 0.349 e. The molecule has 1 heterocycles. The minimum Gasteiger partial charge on any atom is -0.349 e. The van der Waals surface area contributed by atoms with Crippen molar-refractivity contribution >= 4 is 15.9 Å². The Kier molecular flexibility index (Phi) is 6.62. The molecule has 1 aliphatic heterocycles. The number of aryl methyl sites for hydroxylation is 3. The number of sulfonamides is 1. The molecule has 1 N–H and O–H groups in total. The summed E-state index contributed by atoms with van der Waals surface area (Å²) in [6.07, 6.45) is 1.27. The van der Waals surface area contributed by atoms with Crippen molar-refractivity contribution in [1.29, 1.82) is 0 Å². The molecule has 1 amide bonds. The van der Waals surface area contributed by atoms with Crippen LogP contribution in [0.5, 0.6) is 0 Å². The van der Waals surface area contributed by atoms with Gasteiger partial charge in [-0.3, -0.25) is 4.79 Å². The third kappa shape index (κ3) is 4.73. The van der Waals surface area contributed by atoms with E-state index in [1.807, 2.05) is 39.8 Å². The van der Waals surface area contributed by atoms with E-state index in [1.165, 1.54) is 16.4 Å². The summed E-state index contributed by atoms with van der Waals surface area (Å²) in [7, 11) is -3.68. The number of carbonyl (C=O) groups is 1. The molecule has 0 spiro atoms. The lowest BCUT2D eigenvalue weighted by atomic mass is 9.98. The van der Waals surface area contributed by atoms with Crippen LogP contribution in [0, 0.1) is 32.5 Å². The van der Waals surface area contributed by atoms with Crippen molar-refractivity contribution in [3.8, 4) is 0 Å². The fourth-order valence-electron chi connectivity index (χ4n) is 4.24. The highest BCUT2D eigenvalue weighted by molar-refractivity contribution is 7.89. The van der Waals surface area contributed by atoms with E-state index in [4.69, 9.17) is 0 Å². The average molecular weight is 433 g/mol. The Morgan fingerprint density at radius 2 is 1.73 bits per heavy atom. The SMILES string of the molecule is Cc1cc(C)c(S(=O)(=O)N2CCC[C@H](C(=O)N[C@H](C)c3ccc(F)cc3)C2)c(C)c1. The molecule has 162 valence electrons. The quantitative estimate of drug-likeness (QED) is 0.776. The third-order valence-corrected chi connectivity index (χ3v) is 7.86. The molecule has 0 aliphatic carbocycles. The highest BCUT2D eigenvalue weighted by Crippen LogP contribution is 2.29. The Morgan fingerprint density at radius 1 is 1.13 bits per heavy atom. The summed E-state index contributed by atoms with van der Waals surface area (Å²) in [5.41, 5.74) is 3.28. The summed E-state index contributed by atoms with van der Waals surface area (Å²) in [4.78, 5) is 13.2. The Morgan fingerprint density at radius 3 is 2.33 bits per heavy atom. The standard InChI is InChI=1S/C23H29FN2O3S/c1-15-12-16(2)22(17(3)13-15)30(28,29)26-11-5-6-20(14-26)23(27)25-18(4)19-7-9-21(24)10-8-19/h7-10,12-13,18,20H,5-6,11,14H2,1-4H3,(H,25,27)/t18-,20+/m1/s1. The average Bonchev–Trinajstić information content (AvgIpc) is 2.67. The first-order valence-corrected chi connectivity index (χ1v) is 11.7. The highest BCUT2D eigenvalue weighted by Gasteiger charge is 2.35. The van der Waals surface area contributed by atoms with Crippen LogP contribution in [0.2, 0.25) is 0 Å². The summed E-state index contributed by atoms with van der Waals surface area (Å²) in [6.45, 7) is 7.97. The minimum absolute atomic E-state index is 0.164. The van der Waals surface area contributed by atoms with E-state index < -0.39 is 15.9 Å². The number of hydrogen-bond donors (Lipinski definition) is 1. The second-order valence-corrected chi connectivity index (χ2v) is 10.1. The fourth-order valence-corrected chi connectivity index (χ4v) is 6.18. The lowest BCUT2D eigenvalue weighted by molar-refractivity contribution is -0.126. The molecule has 1 aliphatic rings. The first kappa shape index (κ1) is 22.4. The van der Waals surface area contributed by atoms with Crippen LogP contribution in [-0.2, 0) is 14.8 Å². The van der Waals surface area contributed by atoms with Crippen molar-refractivity contribution in [2.24, 2.45) is 5.92 Å². The van der Waals surface area contributed by atoms with Gasteiger partial charge < -0.3 is 5.32 Å². The van der Waals surface area contributed by atoms with Gasteiger partial charge in [0.2, 0.25) is 15.9 Å². The molecule has 30 heavy (non-hydrogen) atoms. The lowest BCUT2D eigenvalue weighted by Gasteiger charge is -2.32. The van der Waals surface area contributed by atoms with Gasteiger partial charge in [-0.2, -0.15) is 4.31 Å². The normalized spacial score (nSPS) is 18.8. The van der Waals surface area contributed by atoms with Crippen LogP contribution in [0.3, 0.4) is 0 Å². The van der Waals surface area contributed by atoms with Crippen LogP contribution in [0.1, 0.15) is 48.1 Å². The van der Waals surface area contributed by atoms with Gasteiger partial charge in [0.25, 0.3) is 0 Å². The molecular formula is C23H29FN2O3S. The number of piperidine rings is 1. The van der Waals surface area contributed by atoms with Gasteiger partial charge in [0.1, 0.15) is 5.82 Å². The highest BCUT2D eigenvalue weighted by atomic mass is 32.2. The van der Waals surface area contributed by atoms with E-state index >= 15 is 0 Å². The van der Waals surface area contributed by atoms with Crippen LogP contribution >= 0.6 is 0 Å². The van der Waals surface area contributed by atoms with Crippen molar-refractivity contribution < 1.29 is 17.6 Å². The second-order valence-electron chi connectivity index (χ2n) is 8.21. The zero-order chi connectivity index (χ0) is 22.1. The Hall–Kier alpha value is -2.25. The molecule has 0 bridgehead atoms. The Labute approximate surface area is 178 Å². The van der Waals surface area contributed by atoms with Gasteiger partial charge in [0, 0.05) is 13.1 Å². The van der Waals surface area contributed by atoms with E-state index in [9.17, 15) is 17.6 Å². The number of amides is 1. The van der Waals surface area contributed by atoms with Crippen LogP contribution in [0.25, 0.3) is 0 Å². The summed E-state index contributed by atoms with van der Waals surface area (Å²) < 4.78 is 41.3. The van der Waals surface area contributed by atoms with Crippen LogP contribution in [0.4, 0.5) is 4.39 Å². The van der Waals surface area contributed by atoms with Gasteiger partial charge in [-0.25, -0.2) is 12.8 Å². The molecule has 2 aromatic carbocycles. The molecule has 0 aromatic heterocycles. The van der Waals surface area contributed by atoms with E-state index in [0.717, 1.165) is 22.3 Å². The molecule has 0 unspecified atom stereocenters. The molecule has 5 nitrogen and oxygen atoms in total. The monoisotopic (exact) mass is 432 g/mol. The summed E-state index contributed by atoms with van der Waals surface area (Å²) in [5, 5.41) is 2.94. The first-order chi connectivity index (χ1) is 14.1. The zero-order valence-electron chi connectivity index (χ0n) is 17.9. The number of hydrogen-bond acceptors (Lipinski definition) is 3. The molecule has 0 radical (unpaired) electrons. The molecule has 2 atom stereocenters. The maximum atomic E-state index is 13.3. The number of nitrogens with one attached hydrogen (secondary N) is 1. The van der Waals surface area contributed by atoms with Crippen LogP contribution < -0.4 is 5.32 Å². The molecule has 1 saturated heterocycles. The first-order valence-electron chi connectivity index (χ1n) is 10.2. The number of carbonyl (C=O) groups excluding carboxylic acids is 1. The van der Waals surface area contributed by atoms with Gasteiger partial charge in [-0.1, -0.05) is 29.8 Å². The molecule has 7 heteroatoms. The fraction of sp³-hybridized carbons (Fsp3) is 0.435. The predicted octanol–water partition coefficient (Wildman–Crippen LogP) is 4.03. The maximum Gasteiger partial charge on any atom is 0.243 e. The molecular weight excluding hydrogens is 403 g/mol. The number of nitrogens with zero attached hydrogens (tertiary/aromatic N) is 1.